The van der Waals surface area contributed by atoms with Crippen LogP contribution in [0.5, 0.6) is 0 Å². The Balaban J connectivity index is 2.14. The fraction of sp³-hybridized carbons (Fsp3) is 0.467. The molecule has 0 N–H and O–H groups in total. The lowest BCUT2D eigenvalue weighted by Crippen LogP contribution is -2.43. The number of carbonyl (C=O) groups excluding carboxylic acids is 2. The first-order valence-corrected chi connectivity index (χ1v) is 6.81. The van der Waals surface area contributed by atoms with E-state index in [9.17, 15) is 9.59 Å². The standard InChI is InChI=1S/C15H17N3O3/c1-10-11(8-16)5-6-13(17-10)14(19)18-7-3-4-12(9-18)15(20)21-2/h5-6,12H,3-4,7,9H2,1-2H3/t12-/m0/s1. The second kappa shape index (κ2) is 6.35. The van der Waals surface area contributed by atoms with Crippen LogP contribution in [-0.2, 0) is 9.53 Å². The minimum absolute atomic E-state index is 0.212. The number of likely N-dealkylation sites (tertiary alicyclic amines) is 1. The average molecular weight is 287 g/mol. The topological polar surface area (TPSA) is 83.3 Å². The highest BCUT2D eigenvalue weighted by atomic mass is 16.5. The van der Waals surface area contributed by atoms with E-state index in [4.69, 9.17) is 10.00 Å². The Labute approximate surface area is 123 Å². The van der Waals surface area contributed by atoms with Crippen LogP contribution in [0.2, 0.25) is 0 Å². The molecule has 6 heteroatoms. The van der Waals surface area contributed by atoms with Crippen molar-refractivity contribution < 1.29 is 14.3 Å². The van der Waals surface area contributed by atoms with Crippen LogP contribution in [0.3, 0.4) is 0 Å². The number of piperidine rings is 1. The molecule has 0 aliphatic carbocycles. The van der Waals surface area contributed by atoms with Crippen molar-refractivity contribution in [1.82, 2.24) is 9.88 Å². The lowest BCUT2D eigenvalue weighted by Gasteiger charge is -2.31. The van der Waals surface area contributed by atoms with Crippen molar-refractivity contribution in [2.45, 2.75) is 19.8 Å². The number of ether oxygens (including phenoxy) is 1. The number of amides is 1. The predicted octanol–water partition coefficient (Wildman–Crippen LogP) is 1.29. The number of aryl methyl sites for hydroxylation is 1. The highest BCUT2D eigenvalue weighted by Crippen LogP contribution is 2.19. The molecular formula is C15H17N3O3. The minimum atomic E-state index is -0.281. The van der Waals surface area contributed by atoms with E-state index in [0.29, 0.717) is 30.0 Å². The lowest BCUT2D eigenvalue weighted by atomic mass is 9.98. The van der Waals surface area contributed by atoms with Gasteiger partial charge >= 0.3 is 5.97 Å². The van der Waals surface area contributed by atoms with Gasteiger partial charge in [0.05, 0.1) is 24.3 Å². The molecule has 2 rings (SSSR count). The number of hydrogen-bond donors (Lipinski definition) is 0. The number of nitriles is 1. The van der Waals surface area contributed by atoms with E-state index in [0.717, 1.165) is 12.8 Å². The smallest absolute Gasteiger partial charge is 0.310 e. The molecule has 2 heterocycles. The minimum Gasteiger partial charge on any atom is -0.469 e. The Kier molecular flexibility index (Phi) is 4.53. The van der Waals surface area contributed by atoms with Gasteiger partial charge < -0.3 is 9.64 Å². The maximum absolute atomic E-state index is 12.4. The van der Waals surface area contributed by atoms with Gasteiger partial charge in [0.15, 0.2) is 0 Å². The number of pyridine rings is 1. The Hall–Kier alpha value is -2.42. The molecule has 1 aromatic rings. The molecule has 0 aromatic carbocycles. The average Bonchev–Trinajstić information content (AvgIpc) is 2.53. The van der Waals surface area contributed by atoms with Crippen molar-refractivity contribution in [3.05, 3.63) is 29.1 Å². The first-order valence-electron chi connectivity index (χ1n) is 6.81. The molecule has 0 radical (unpaired) electrons. The Bertz CT molecular complexity index is 607. The number of hydrogen-bond acceptors (Lipinski definition) is 5. The van der Waals surface area contributed by atoms with Crippen molar-refractivity contribution in [3.63, 3.8) is 0 Å². The number of nitrogens with zero attached hydrogens (tertiary/aromatic N) is 3. The van der Waals surface area contributed by atoms with Gasteiger partial charge in [-0.05, 0) is 31.9 Å². The molecule has 1 aliphatic heterocycles. The van der Waals surface area contributed by atoms with E-state index in [2.05, 4.69) is 4.98 Å². The number of esters is 1. The third-order valence-electron chi connectivity index (χ3n) is 3.67. The Morgan fingerprint density at radius 2 is 2.24 bits per heavy atom. The van der Waals surface area contributed by atoms with E-state index < -0.39 is 0 Å². The van der Waals surface area contributed by atoms with Gasteiger partial charge in [-0.3, -0.25) is 9.59 Å². The third kappa shape index (κ3) is 3.19. The van der Waals surface area contributed by atoms with Crippen LogP contribution in [0, 0.1) is 24.2 Å². The fourth-order valence-corrected chi connectivity index (χ4v) is 2.48. The van der Waals surface area contributed by atoms with Crippen LogP contribution in [0.15, 0.2) is 12.1 Å². The van der Waals surface area contributed by atoms with Crippen molar-refractivity contribution >= 4 is 11.9 Å². The SMILES string of the molecule is COC(=O)[C@H]1CCCN(C(=O)c2ccc(C#N)c(C)n2)C1. The van der Waals surface area contributed by atoms with Crippen LogP contribution < -0.4 is 0 Å². The van der Waals surface area contributed by atoms with E-state index >= 15 is 0 Å². The molecule has 1 saturated heterocycles. The second-order valence-corrected chi connectivity index (χ2v) is 5.05. The van der Waals surface area contributed by atoms with Gasteiger partial charge in [0.2, 0.25) is 0 Å². The first-order chi connectivity index (χ1) is 10.1. The summed E-state index contributed by atoms with van der Waals surface area (Å²) in [4.78, 5) is 29.8. The number of methoxy groups -OCH3 is 1. The van der Waals surface area contributed by atoms with Crippen LogP contribution in [-0.4, -0.2) is 42.0 Å². The summed E-state index contributed by atoms with van der Waals surface area (Å²) in [5, 5.41) is 8.88. The van der Waals surface area contributed by atoms with Gasteiger partial charge in [-0.25, -0.2) is 4.98 Å². The zero-order valence-electron chi connectivity index (χ0n) is 12.1. The van der Waals surface area contributed by atoms with Crippen molar-refractivity contribution in [3.8, 4) is 6.07 Å². The highest BCUT2D eigenvalue weighted by molar-refractivity contribution is 5.93. The number of aromatic nitrogens is 1. The third-order valence-corrected chi connectivity index (χ3v) is 3.67. The quantitative estimate of drug-likeness (QED) is 0.765. The molecule has 1 aromatic heterocycles. The molecule has 0 unspecified atom stereocenters. The Morgan fingerprint density at radius 3 is 2.86 bits per heavy atom. The van der Waals surface area contributed by atoms with Crippen LogP contribution >= 0.6 is 0 Å². The lowest BCUT2D eigenvalue weighted by molar-refractivity contribution is -0.146. The molecule has 1 fully saturated rings. The molecule has 21 heavy (non-hydrogen) atoms. The molecule has 6 nitrogen and oxygen atoms in total. The summed E-state index contributed by atoms with van der Waals surface area (Å²) < 4.78 is 4.74. The summed E-state index contributed by atoms with van der Waals surface area (Å²) in [6, 6.07) is 5.17. The molecule has 1 amide bonds. The van der Waals surface area contributed by atoms with E-state index in [-0.39, 0.29) is 17.8 Å². The fourth-order valence-electron chi connectivity index (χ4n) is 2.48. The van der Waals surface area contributed by atoms with Crippen molar-refractivity contribution in [1.29, 1.82) is 5.26 Å². The van der Waals surface area contributed by atoms with Gasteiger partial charge in [0, 0.05) is 13.1 Å². The summed E-state index contributed by atoms with van der Waals surface area (Å²) in [5.74, 6) is -0.764. The second-order valence-electron chi connectivity index (χ2n) is 5.05. The van der Waals surface area contributed by atoms with Crippen LogP contribution in [0.25, 0.3) is 0 Å². The summed E-state index contributed by atoms with van der Waals surface area (Å²) >= 11 is 0. The van der Waals surface area contributed by atoms with E-state index in [1.807, 2.05) is 6.07 Å². The zero-order chi connectivity index (χ0) is 15.4. The summed E-state index contributed by atoms with van der Waals surface area (Å²) in [6.45, 7) is 2.65. The predicted molar refractivity (Wildman–Crippen MR) is 74.3 cm³/mol. The molecule has 0 saturated carbocycles. The largest absolute Gasteiger partial charge is 0.469 e. The van der Waals surface area contributed by atoms with E-state index in [1.165, 1.54) is 7.11 Å². The van der Waals surface area contributed by atoms with Gasteiger partial charge in [-0.1, -0.05) is 0 Å². The highest BCUT2D eigenvalue weighted by Gasteiger charge is 2.30. The number of rotatable bonds is 2. The molecular weight excluding hydrogens is 270 g/mol. The van der Waals surface area contributed by atoms with Crippen molar-refractivity contribution in [2.75, 3.05) is 20.2 Å². The van der Waals surface area contributed by atoms with Gasteiger partial charge in [0.25, 0.3) is 5.91 Å². The maximum atomic E-state index is 12.4. The molecule has 0 spiro atoms. The van der Waals surface area contributed by atoms with Gasteiger partial charge in [-0.15, -0.1) is 0 Å². The monoisotopic (exact) mass is 287 g/mol. The molecule has 0 bridgehead atoms. The molecule has 110 valence electrons. The zero-order valence-corrected chi connectivity index (χ0v) is 12.1. The molecule has 1 atom stereocenters. The summed E-state index contributed by atoms with van der Waals surface area (Å²) in [7, 11) is 1.36. The van der Waals surface area contributed by atoms with Crippen LogP contribution in [0.4, 0.5) is 0 Å². The van der Waals surface area contributed by atoms with Gasteiger partial charge in [-0.2, -0.15) is 5.26 Å². The summed E-state index contributed by atoms with van der Waals surface area (Å²) in [5.41, 5.74) is 1.29. The maximum Gasteiger partial charge on any atom is 0.310 e. The van der Waals surface area contributed by atoms with Crippen molar-refractivity contribution in [2.24, 2.45) is 5.92 Å². The molecule has 1 aliphatic rings. The number of carbonyl (C=O) groups is 2. The van der Waals surface area contributed by atoms with Crippen LogP contribution in [0.1, 0.15) is 34.6 Å². The van der Waals surface area contributed by atoms with E-state index in [1.54, 1.807) is 24.0 Å². The Morgan fingerprint density at radius 1 is 1.48 bits per heavy atom. The first kappa shape index (κ1) is 15.0. The van der Waals surface area contributed by atoms with Gasteiger partial charge in [0.1, 0.15) is 11.8 Å². The summed E-state index contributed by atoms with van der Waals surface area (Å²) in [6.07, 6.45) is 1.50. The normalized spacial score (nSPS) is 18.0.